The van der Waals surface area contributed by atoms with E-state index in [4.69, 9.17) is 26.8 Å². The van der Waals surface area contributed by atoms with Crippen molar-refractivity contribution in [2.24, 2.45) is 11.5 Å². The third-order valence-electron chi connectivity index (χ3n) is 1.42. The van der Waals surface area contributed by atoms with Gasteiger partial charge in [-0.25, -0.2) is 4.99 Å². The lowest BCUT2D eigenvalue weighted by Crippen LogP contribution is -2.72. The van der Waals surface area contributed by atoms with Crippen LogP contribution in [0, 0.1) is 22.2 Å². The van der Waals surface area contributed by atoms with Crippen molar-refractivity contribution < 1.29 is 10.1 Å². The van der Waals surface area contributed by atoms with Gasteiger partial charge in [0.15, 0.2) is 0 Å². The summed E-state index contributed by atoms with van der Waals surface area (Å²) in [6.07, 6.45) is 0. The normalized spacial score (nSPS) is 8.33. The lowest BCUT2D eigenvalue weighted by Gasteiger charge is -1.95. The van der Waals surface area contributed by atoms with Crippen LogP contribution >= 0.6 is 0 Å². The Balaban J connectivity index is 0.000000423. The zero-order valence-corrected chi connectivity index (χ0v) is 8.14. The van der Waals surface area contributed by atoms with Gasteiger partial charge in [0.05, 0.1) is 5.09 Å². The van der Waals surface area contributed by atoms with Crippen molar-refractivity contribution >= 4 is 11.6 Å². The van der Waals surface area contributed by atoms with Crippen molar-refractivity contribution in [3.05, 3.63) is 45.2 Å². The molecule has 7 nitrogen and oxygen atoms in total. The maximum atomic E-state index is 8.25. The quantitative estimate of drug-likeness (QED) is 0.231. The number of nitrogens with zero attached hydrogens (tertiary/aromatic N) is 1. The van der Waals surface area contributed by atoms with Crippen LogP contribution in [0.4, 0.5) is 5.69 Å². The summed E-state index contributed by atoms with van der Waals surface area (Å²) in [4.78, 5) is 11.1. The first kappa shape index (κ1) is 12.7. The van der Waals surface area contributed by atoms with E-state index in [-0.39, 0.29) is 5.96 Å². The Hall–Kier alpha value is -2.31. The molecule has 0 radical (unpaired) electrons. The van der Waals surface area contributed by atoms with Crippen LogP contribution in [0.15, 0.2) is 24.3 Å². The molecule has 5 N–H and O–H groups in total. The molecule has 1 rings (SSSR count). The van der Waals surface area contributed by atoms with E-state index in [0.29, 0.717) is 0 Å². The highest BCUT2D eigenvalue weighted by Gasteiger charge is 1.95. The Kier molecular flexibility index (Phi) is 5.24. The number of rotatable bonds is 1. The van der Waals surface area contributed by atoms with Gasteiger partial charge in [-0.15, -0.1) is 0 Å². The van der Waals surface area contributed by atoms with Gasteiger partial charge >= 0.3 is 5.96 Å². The van der Waals surface area contributed by atoms with Crippen LogP contribution in [0.5, 0.6) is 0 Å². The molecule has 82 valence electrons. The number of nitrogens with two attached hydrogens (primary N) is 2. The van der Waals surface area contributed by atoms with Gasteiger partial charge in [-0.3, -0.25) is 11.5 Å². The van der Waals surface area contributed by atoms with Gasteiger partial charge in [0.25, 0.3) is 0 Å². The number of hydrogen-bond acceptors (Lipinski definition) is 3. The molecule has 0 bridgehead atoms. The van der Waals surface area contributed by atoms with Crippen molar-refractivity contribution in [1.29, 1.82) is 0 Å². The Bertz CT molecular complexity index is 357. The predicted octanol–water partition coefficient (Wildman–Crippen LogP) is -1.26. The fraction of sp³-hybridized carbons (Fsp3) is 0.125. The molecule has 0 aliphatic carbocycles. The van der Waals surface area contributed by atoms with E-state index in [1.807, 2.05) is 31.2 Å². The molecular formula is C8H12N4O3. The summed E-state index contributed by atoms with van der Waals surface area (Å²) in [7, 11) is 0. The van der Waals surface area contributed by atoms with E-state index < -0.39 is 5.09 Å². The minimum Gasteiger partial charge on any atom is -0.356 e. The molecular weight excluding hydrogens is 200 g/mol. The summed E-state index contributed by atoms with van der Waals surface area (Å²) >= 11 is 0. The molecule has 0 aliphatic heterocycles. The average molecular weight is 212 g/mol. The largest absolute Gasteiger partial charge is 0.356 e. The summed E-state index contributed by atoms with van der Waals surface area (Å²) < 4.78 is 0. The molecule has 0 saturated heterocycles. The third-order valence-corrected chi connectivity index (χ3v) is 1.42. The van der Waals surface area contributed by atoms with Crippen LogP contribution in [0.25, 0.3) is 0 Å². The summed E-state index contributed by atoms with van der Waals surface area (Å²) in [5, 5.41) is 14.8. The van der Waals surface area contributed by atoms with Crippen LogP contribution in [0.1, 0.15) is 5.56 Å². The fourth-order valence-corrected chi connectivity index (χ4v) is 0.869. The van der Waals surface area contributed by atoms with E-state index >= 15 is 0 Å². The van der Waals surface area contributed by atoms with Crippen molar-refractivity contribution in [3.8, 4) is 0 Å². The molecule has 0 fully saturated rings. The fourth-order valence-electron chi connectivity index (χ4n) is 0.869. The van der Waals surface area contributed by atoms with E-state index in [1.54, 1.807) is 0 Å². The van der Waals surface area contributed by atoms with Crippen molar-refractivity contribution in [2.45, 2.75) is 6.92 Å². The van der Waals surface area contributed by atoms with Gasteiger partial charge in [-0.2, -0.15) is 0 Å². The first-order chi connectivity index (χ1) is 6.93. The van der Waals surface area contributed by atoms with Crippen LogP contribution in [0.2, 0.25) is 0 Å². The molecule has 0 atom stereocenters. The van der Waals surface area contributed by atoms with Crippen LogP contribution in [-0.2, 0) is 0 Å². The van der Waals surface area contributed by atoms with Gasteiger partial charge in [0, 0.05) is 0 Å². The highest BCUT2D eigenvalue weighted by molar-refractivity contribution is 5.70. The Labute approximate surface area is 86.1 Å². The second-order valence-electron chi connectivity index (χ2n) is 2.62. The Morgan fingerprint density at radius 2 is 1.80 bits per heavy atom. The number of para-hydroxylation sites is 1. The summed E-state index contributed by atoms with van der Waals surface area (Å²) in [6.45, 7) is 1.99. The zero-order chi connectivity index (χ0) is 11.8. The van der Waals surface area contributed by atoms with Crippen LogP contribution < -0.4 is 16.5 Å². The summed E-state index contributed by atoms with van der Waals surface area (Å²) in [5.41, 5.74) is 12.6. The summed E-state index contributed by atoms with van der Waals surface area (Å²) in [5.74, 6) is 0.222. The van der Waals surface area contributed by atoms with E-state index in [9.17, 15) is 0 Å². The minimum absolute atomic E-state index is 0.222. The predicted molar refractivity (Wildman–Crippen MR) is 55.5 cm³/mol. The standard InChI is InChI=1S/C8H11N3.NO3/c1-6-4-2-3-5-7(6)11-8(9)10;2-1(3)4/h2-5H,1H3,(H4,9,10,11);/q;-1/p+1. The molecule has 0 amide bonds. The molecule has 1 aromatic rings. The smallest absolute Gasteiger partial charge is 0.343 e. The van der Waals surface area contributed by atoms with Gasteiger partial charge in [0.1, 0.15) is 5.69 Å². The van der Waals surface area contributed by atoms with E-state index in [0.717, 1.165) is 11.3 Å². The van der Waals surface area contributed by atoms with Gasteiger partial charge in [-0.1, -0.05) is 18.2 Å². The van der Waals surface area contributed by atoms with E-state index in [2.05, 4.69) is 4.99 Å². The monoisotopic (exact) mass is 212 g/mol. The molecule has 0 saturated carbocycles. The van der Waals surface area contributed by atoms with Crippen molar-refractivity contribution in [1.82, 2.24) is 0 Å². The lowest BCUT2D eigenvalue weighted by molar-refractivity contribution is -0.402. The van der Waals surface area contributed by atoms with Crippen LogP contribution in [-0.4, -0.2) is 11.0 Å². The molecule has 0 unspecified atom stereocenters. The van der Waals surface area contributed by atoms with E-state index in [1.165, 1.54) is 0 Å². The molecule has 0 spiro atoms. The zero-order valence-electron chi connectivity index (χ0n) is 8.14. The SMILES string of the molecule is Cc1ccccc1[NH+]=C(N)N.O=[N+]([O-])[O-]. The second-order valence-corrected chi connectivity index (χ2v) is 2.62. The molecule has 0 aromatic heterocycles. The Morgan fingerprint density at radius 3 is 2.20 bits per heavy atom. The average Bonchev–Trinajstić information content (AvgIpc) is 2.07. The number of guanidine groups is 1. The number of hydrogen-bond donors (Lipinski definition) is 3. The molecule has 0 aliphatic rings. The minimum atomic E-state index is -1.75. The molecule has 0 heterocycles. The molecule has 15 heavy (non-hydrogen) atoms. The van der Waals surface area contributed by atoms with Gasteiger partial charge in [0.2, 0.25) is 0 Å². The second kappa shape index (κ2) is 6.19. The Morgan fingerprint density at radius 1 is 1.33 bits per heavy atom. The topological polar surface area (TPSA) is 132 Å². The summed E-state index contributed by atoms with van der Waals surface area (Å²) in [6, 6.07) is 7.81. The number of aryl methyl sites for hydroxylation is 1. The first-order valence-corrected chi connectivity index (χ1v) is 3.95. The third kappa shape index (κ3) is 6.82. The lowest BCUT2D eigenvalue weighted by atomic mass is 10.2. The maximum absolute atomic E-state index is 8.25. The van der Waals surface area contributed by atoms with Crippen LogP contribution in [0.3, 0.4) is 0 Å². The van der Waals surface area contributed by atoms with Crippen molar-refractivity contribution in [3.63, 3.8) is 0 Å². The van der Waals surface area contributed by atoms with Gasteiger partial charge in [-0.05, 0) is 18.6 Å². The van der Waals surface area contributed by atoms with Gasteiger partial charge < -0.3 is 15.3 Å². The molecule has 1 aromatic carbocycles. The number of benzene rings is 1. The first-order valence-electron chi connectivity index (χ1n) is 3.95. The maximum Gasteiger partial charge on any atom is 0.343 e. The highest BCUT2D eigenvalue weighted by atomic mass is 16.9. The molecule has 7 heteroatoms. The number of nitrogens with one attached hydrogen (secondary N) is 1. The van der Waals surface area contributed by atoms with Crippen molar-refractivity contribution in [2.75, 3.05) is 0 Å². The highest BCUT2D eigenvalue weighted by Crippen LogP contribution is 2.04.